The molecule has 0 spiro atoms. The number of ether oxygens (including phenoxy) is 2. The molecule has 2 aromatic rings. The normalized spacial score (nSPS) is 17.1. The van der Waals surface area contributed by atoms with Crippen molar-refractivity contribution in [3.8, 4) is 11.5 Å². The first-order valence-electron chi connectivity index (χ1n) is 7.69. The smallest absolute Gasteiger partial charge is 0.203 e. The zero-order valence-corrected chi connectivity index (χ0v) is 14.4. The molecule has 1 aromatic heterocycles. The van der Waals surface area contributed by atoms with Gasteiger partial charge >= 0.3 is 0 Å². The number of benzene rings is 1. The molecule has 3 rings (SSSR count). The monoisotopic (exact) mass is 331 g/mol. The van der Waals surface area contributed by atoms with Gasteiger partial charge in [-0.2, -0.15) is 5.10 Å². The molecule has 23 heavy (non-hydrogen) atoms. The fraction of sp³-hybridized carbons (Fsp3) is 0.412. The largest absolute Gasteiger partial charge is 0.493 e. The first-order chi connectivity index (χ1) is 11.2. The van der Waals surface area contributed by atoms with E-state index in [0.29, 0.717) is 11.5 Å². The topological polar surface area (TPSA) is 55.7 Å². The highest BCUT2D eigenvalue weighted by molar-refractivity contribution is 7.15. The van der Waals surface area contributed by atoms with Gasteiger partial charge in [0.05, 0.1) is 26.1 Å². The minimum atomic E-state index is 0.690. The van der Waals surface area contributed by atoms with Crippen LogP contribution in [0.3, 0.4) is 0 Å². The van der Waals surface area contributed by atoms with E-state index >= 15 is 0 Å². The van der Waals surface area contributed by atoms with Crippen LogP contribution in [-0.4, -0.2) is 25.4 Å². The summed E-state index contributed by atoms with van der Waals surface area (Å²) >= 11 is 1.71. The minimum Gasteiger partial charge on any atom is -0.493 e. The molecule has 1 aliphatic rings. The number of rotatable bonds is 5. The Morgan fingerprint density at radius 1 is 1.30 bits per heavy atom. The molecular formula is C17H21N3O2S. The third-order valence-electron chi connectivity index (χ3n) is 3.97. The lowest BCUT2D eigenvalue weighted by Gasteiger charge is -2.15. The fourth-order valence-electron chi connectivity index (χ4n) is 2.68. The number of nitrogens with zero attached hydrogens (tertiary/aromatic N) is 2. The van der Waals surface area contributed by atoms with Crippen LogP contribution < -0.4 is 14.9 Å². The summed E-state index contributed by atoms with van der Waals surface area (Å²) in [6, 6.07) is 5.68. The Kier molecular flexibility index (Phi) is 4.81. The van der Waals surface area contributed by atoms with Crippen molar-refractivity contribution in [2.24, 2.45) is 11.0 Å². The predicted octanol–water partition coefficient (Wildman–Crippen LogP) is 3.73. The molecule has 0 aliphatic heterocycles. The van der Waals surface area contributed by atoms with E-state index in [-0.39, 0.29) is 0 Å². The van der Waals surface area contributed by atoms with Crippen LogP contribution in [0, 0.1) is 5.92 Å². The maximum absolute atomic E-state index is 5.29. The zero-order valence-electron chi connectivity index (χ0n) is 13.6. The molecule has 0 radical (unpaired) electrons. The van der Waals surface area contributed by atoms with Gasteiger partial charge in [-0.15, -0.1) is 11.3 Å². The molecule has 1 unspecified atom stereocenters. The van der Waals surface area contributed by atoms with Gasteiger partial charge in [-0.25, -0.2) is 4.98 Å². The van der Waals surface area contributed by atoms with Crippen molar-refractivity contribution in [3.05, 3.63) is 34.3 Å². The van der Waals surface area contributed by atoms with Gasteiger partial charge in [0.1, 0.15) is 0 Å². The van der Waals surface area contributed by atoms with E-state index < -0.39 is 0 Å². The first-order valence-corrected chi connectivity index (χ1v) is 8.51. The first kappa shape index (κ1) is 15.8. The second kappa shape index (κ2) is 7.00. The molecule has 1 atom stereocenters. The Morgan fingerprint density at radius 2 is 2.13 bits per heavy atom. The van der Waals surface area contributed by atoms with E-state index in [1.165, 1.54) is 17.0 Å². The van der Waals surface area contributed by atoms with Crippen LogP contribution in [0.25, 0.3) is 0 Å². The average molecular weight is 331 g/mol. The number of methoxy groups -OCH3 is 2. The molecule has 1 aromatic carbocycles. The lowest BCUT2D eigenvalue weighted by molar-refractivity contribution is 0.355. The molecule has 0 amide bonds. The number of aryl methyl sites for hydroxylation is 1. The molecule has 0 bridgehead atoms. The van der Waals surface area contributed by atoms with Crippen LogP contribution in [0.4, 0.5) is 5.13 Å². The molecule has 1 N–H and O–H groups in total. The van der Waals surface area contributed by atoms with Gasteiger partial charge in [-0.3, -0.25) is 5.43 Å². The second-order valence-corrected chi connectivity index (χ2v) is 6.80. The molecule has 1 heterocycles. The summed E-state index contributed by atoms with van der Waals surface area (Å²) in [7, 11) is 3.25. The van der Waals surface area contributed by atoms with Crippen molar-refractivity contribution in [3.63, 3.8) is 0 Å². The Hall–Kier alpha value is -2.08. The van der Waals surface area contributed by atoms with Crippen LogP contribution in [0.15, 0.2) is 23.3 Å². The fourth-order valence-corrected chi connectivity index (χ4v) is 3.80. The van der Waals surface area contributed by atoms with Crippen LogP contribution in [-0.2, 0) is 12.8 Å². The summed E-state index contributed by atoms with van der Waals surface area (Å²) in [5.41, 5.74) is 5.20. The number of fused-ring (bicyclic) bond motifs is 1. The van der Waals surface area contributed by atoms with E-state index in [0.717, 1.165) is 29.5 Å². The van der Waals surface area contributed by atoms with Gasteiger partial charge < -0.3 is 9.47 Å². The predicted molar refractivity (Wildman–Crippen MR) is 94.1 cm³/mol. The number of nitrogens with one attached hydrogen (secondary N) is 1. The van der Waals surface area contributed by atoms with Crippen molar-refractivity contribution in [2.45, 2.75) is 26.2 Å². The van der Waals surface area contributed by atoms with Crippen molar-refractivity contribution < 1.29 is 9.47 Å². The van der Waals surface area contributed by atoms with Gasteiger partial charge in [0, 0.05) is 4.88 Å². The Labute approximate surface area is 140 Å². The van der Waals surface area contributed by atoms with Crippen molar-refractivity contribution in [2.75, 3.05) is 19.6 Å². The third-order valence-corrected chi connectivity index (χ3v) is 4.99. The van der Waals surface area contributed by atoms with Gasteiger partial charge in [0.25, 0.3) is 0 Å². The molecule has 6 heteroatoms. The quantitative estimate of drug-likeness (QED) is 0.670. The molecule has 0 saturated carbocycles. The van der Waals surface area contributed by atoms with E-state index in [1.807, 2.05) is 18.2 Å². The molecule has 1 aliphatic carbocycles. The highest BCUT2D eigenvalue weighted by atomic mass is 32.1. The molecule has 0 saturated heterocycles. The lowest BCUT2D eigenvalue weighted by atomic mass is 9.93. The number of hydrogen-bond donors (Lipinski definition) is 1. The van der Waals surface area contributed by atoms with E-state index in [9.17, 15) is 0 Å². The summed E-state index contributed by atoms with van der Waals surface area (Å²) in [5, 5.41) is 5.14. The van der Waals surface area contributed by atoms with Crippen LogP contribution in [0.2, 0.25) is 0 Å². The SMILES string of the molecule is COc1ccc(/C=N\Nc2nc3c(s2)CC(C)CC3)cc1OC. The van der Waals surface area contributed by atoms with Gasteiger partial charge in [-0.05, 0) is 48.9 Å². The van der Waals surface area contributed by atoms with Crippen LogP contribution in [0.5, 0.6) is 11.5 Å². The van der Waals surface area contributed by atoms with E-state index in [1.54, 1.807) is 31.8 Å². The summed E-state index contributed by atoms with van der Waals surface area (Å²) in [4.78, 5) is 6.02. The molecular weight excluding hydrogens is 310 g/mol. The summed E-state index contributed by atoms with van der Waals surface area (Å²) in [6.07, 6.45) is 5.19. The van der Waals surface area contributed by atoms with Crippen molar-refractivity contribution >= 4 is 22.7 Å². The summed E-state index contributed by atoms with van der Waals surface area (Å²) < 4.78 is 10.5. The second-order valence-electron chi connectivity index (χ2n) is 5.72. The Morgan fingerprint density at radius 3 is 2.91 bits per heavy atom. The zero-order chi connectivity index (χ0) is 16.2. The third kappa shape index (κ3) is 3.64. The highest BCUT2D eigenvalue weighted by Crippen LogP contribution is 2.32. The highest BCUT2D eigenvalue weighted by Gasteiger charge is 2.19. The molecule has 5 nitrogen and oxygen atoms in total. The van der Waals surface area contributed by atoms with Gasteiger partial charge in [0.2, 0.25) is 5.13 Å². The Bertz CT molecular complexity index is 712. The minimum absolute atomic E-state index is 0.690. The van der Waals surface area contributed by atoms with E-state index in [2.05, 4.69) is 22.4 Å². The van der Waals surface area contributed by atoms with Gasteiger partial charge in [-0.1, -0.05) is 6.92 Å². The maximum atomic E-state index is 5.29. The van der Waals surface area contributed by atoms with Crippen LogP contribution in [0.1, 0.15) is 29.5 Å². The van der Waals surface area contributed by atoms with Crippen LogP contribution >= 0.6 is 11.3 Å². The number of aromatic nitrogens is 1. The average Bonchev–Trinajstić information content (AvgIpc) is 2.96. The summed E-state index contributed by atoms with van der Waals surface area (Å²) in [6.45, 7) is 2.30. The number of hydrazone groups is 1. The van der Waals surface area contributed by atoms with Crippen molar-refractivity contribution in [1.29, 1.82) is 0 Å². The lowest BCUT2D eigenvalue weighted by Crippen LogP contribution is -2.09. The number of hydrogen-bond acceptors (Lipinski definition) is 6. The summed E-state index contributed by atoms with van der Waals surface area (Å²) in [5.74, 6) is 2.15. The van der Waals surface area contributed by atoms with E-state index in [4.69, 9.17) is 9.47 Å². The van der Waals surface area contributed by atoms with Gasteiger partial charge in [0.15, 0.2) is 11.5 Å². The standard InChI is InChI=1S/C17H21N3O2S/c1-11-4-6-13-16(8-11)23-17(19-13)20-18-10-12-5-7-14(21-2)15(9-12)22-3/h5,7,9-11H,4,6,8H2,1-3H3,(H,19,20)/b18-10-. The molecule has 122 valence electrons. The number of anilines is 1. The number of thiazole rings is 1. The molecule has 0 fully saturated rings. The van der Waals surface area contributed by atoms with Crippen molar-refractivity contribution in [1.82, 2.24) is 4.98 Å². The Balaban J connectivity index is 1.67. The maximum Gasteiger partial charge on any atom is 0.203 e.